The fourth-order valence-electron chi connectivity index (χ4n) is 1.62. The molecule has 0 amide bonds. The molecule has 114 valence electrons. The summed E-state index contributed by atoms with van der Waals surface area (Å²) in [6, 6.07) is 4.49. The van der Waals surface area contributed by atoms with Crippen molar-refractivity contribution in [3.63, 3.8) is 0 Å². The molecule has 5 N–H and O–H groups in total. The lowest BCUT2D eigenvalue weighted by Gasteiger charge is -2.09. The first-order valence-electron chi connectivity index (χ1n) is 6.11. The highest BCUT2D eigenvalue weighted by Crippen LogP contribution is 2.30. The molecule has 2 rings (SSSR count). The number of aromatic hydroxyl groups is 1. The number of nitrogen functional groups attached to an aromatic ring is 1. The van der Waals surface area contributed by atoms with Crippen molar-refractivity contribution in [3.05, 3.63) is 23.6 Å². The fourth-order valence-corrected chi connectivity index (χ4v) is 3.66. The summed E-state index contributed by atoms with van der Waals surface area (Å²) in [6.07, 6.45) is 0. The number of phenolic OH excluding ortho intramolecular Hbond substituents is 1. The van der Waals surface area contributed by atoms with Crippen molar-refractivity contribution in [2.24, 2.45) is 0 Å². The second-order valence-electron chi connectivity index (χ2n) is 4.69. The molecule has 0 aliphatic heterocycles. The first-order valence-corrected chi connectivity index (χ1v) is 8.47. The van der Waals surface area contributed by atoms with E-state index in [-0.39, 0.29) is 22.6 Å². The van der Waals surface area contributed by atoms with Crippen LogP contribution in [0, 0.1) is 0 Å². The maximum Gasteiger partial charge on any atom is 0.301 e. The monoisotopic (exact) mass is 328 g/mol. The molecule has 1 aromatic heterocycles. The van der Waals surface area contributed by atoms with E-state index in [2.05, 4.69) is 14.4 Å². The van der Waals surface area contributed by atoms with E-state index in [4.69, 9.17) is 5.73 Å². The summed E-state index contributed by atoms with van der Waals surface area (Å²) in [4.78, 5) is 4.19. The molecule has 0 atom stereocenters. The Morgan fingerprint density at radius 3 is 2.71 bits per heavy atom. The second kappa shape index (κ2) is 5.88. The van der Waals surface area contributed by atoms with E-state index in [0.29, 0.717) is 11.3 Å². The molecule has 0 fully saturated rings. The first-order chi connectivity index (χ1) is 9.77. The van der Waals surface area contributed by atoms with Gasteiger partial charge in [0.05, 0.1) is 11.4 Å². The average molecular weight is 328 g/mol. The summed E-state index contributed by atoms with van der Waals surface area (Å²) >= 11 is 1.16. The highest BCUT2D eigenvalue weighted by molar-refractivity contribution is 7.91. The van der Waals surface area contributed by atoms with E-state index < -0.39 is 10.2 Å². The van der Waals surface area contributed by atoms with Gasteiger partial charge in [0.2, 0.25) is 0 Å². The lowest BCUT2D eigenvalue weighted by atomic mass is 10.1. The van der Waals surface area contributed by atoms with Crippen LogP contribution in [0.4, 0.5) is 10.8 Å². The Bertz CT molecular complexity index is 741. The lowest BCUT2D eigenvalue weighted by Crippen LogP contribution is -2.35. The number of nitrogens with two attached hydrogens (primary N) is 1. The van der Waals surface area contributed by atoms with Gasteiger partial charge in [-0.1, -0.05) is 0 Å². The van der Waals surface area contributed by atoms with E-state index in [1.54, 1.807) is 31.4 Å². The number of aromatic nitrogens is 1. The molecular weight excluding hydrogens is 312 g/mol. The van der Waals surface area contributed by atoms with Gasteiger partial charge in [-0.2, -0.15) is 13.1 Å². The number of hydrogen-bond donors (Lipinski definition) is 4. The molecule has 0 bridgehead atoms. The largest absolute Gasteiger partial charge is 0.506 e. The molecule has 21 heavy (non-hydrogen) atoms. The van der Waals surface area contributed by atoms with E-state index >= 15 is 0 Å². The molecule has 0 saturated heterocycles. The average Bonchev–Trinajstić information content (AvgIpc) is 2.78. The molecule has 7 nitrogen and oxygen atoms in total. The van der Waals surface area contributed by atoms with Crippen molar-refractivity contribution in [1.82, 2.24) is 9.71 Å². The third kappa shape index (κ3) is 4.06. The number of nitrogens with one attached hydrogen (secondary N) is 2. The molecule has 0 aliphatic rings. The minimum atomic E-state index is -3.63. The van der Waals surface area contributed by atoms with Crippen LogP contribution in [0.5, 0.6) is 5.75 Å². The van der Waals surface area contributed by atoms with Gasteiger partial charge in [-0.3, -0.25) is 0 Å². The molecule has 0 radical (unpaired) electrons. The minimum Gasteiger partial charge on any atom is -0.506 e. The second-order valence-corrected chi connectivity index (χ2v) is 6.99. The molecule has 0 saturated carbocycles. The summed E-state index contributed by atoms with van der Waals surface area (Å²) in [5, 5.41) is 11.4. The SMILES string of the molecule is CC(C)NS(=O)(=O)Nc1nc(-c2ccc(O)c(N)c2)cs1. The number of anilines is 2. The van der Waals surface area contributed by atoms with Crippen LogP contribution in [0.25, 0.3) is 11.3 Å². The maximum absolute atomic E-state index is 11.7. The van der Waals surface area contributed by atoms with Gasteiger partial charge in [0.25, 0.3) is 0 Å². The van der Waals surface area contributed by atoms with Crippen LogP contribution in [0.1, 0.15) is 13.8 Å². The van der Waals surface area contributed by atoms with Crippen LogP contribution in [-0.4, -0.2) is 24.6 Å². The van der Waals surface area contributed by atoms with Crippen molar-refractivity contribution >= 4 is 32.4 Å². The van der Waals surface area contributed by atoms with E-state index in [1.807, 2.05) is 0 Å². The maximum atomic E-state index is 11.7. The van der Waals surface area contributed by atoms with Crippen LogP contribution in [-0.2, 0) is 10.2 Å². The number of benzene rings is 1. The standard InChI is InChI=1S/C12H16N4O3S2/c1-7(2)15-21(18,19)16-12-14-10(6-20-12)8-3-4-11(17)9(13)5-8/h3-7,15,17H,13H2,1-2H3,(H,14,16). The third-order valence-electron chi connectivity index (χ3n) is 2.44. The molecule has 0 unspecified atom stereocenters. The van der Waals surface area contributed by atoms with Crippen LogP contribution < -0.4 is 15.2 Å². The number of nitrogens with zero attached hydrogens (tertiary/aromatic N) is 1. The zero-order valence-corrected chi connectivity index (χ0v) is 13.1. The Labute approximate surface area is 127 Å². The molecular formula is C12H16N4O3S2. The number of phenols is 1. The van der Waals surface area contributed by atoms with Crippen LogP contribution in [0.3, 0.4) is 0 Å². The quantitative estimate of drug-likeness (QED) is 0.493. The van der Waals surface area contributed by atoms with Gasteiger partial charge in [-0.15, -0.1) is 11.3 Å². The molecule has 2 aromatic rings. The third-order valence-corrected chi connectivity index (χ3v) is 4.57. The van der Waals surface area contributed by atoms with Gasteiger partial charge in [-0.25, -0.2) is 9.71 Å². The van der Waals surface area contributed by atoms with Gasteiger partial charge in [0, 0.05) is 17.0 Å². The highest BCUT2D eigenvalue weighted by atomic mass is 32.2. The Morgan fingerprint density at radius 1 is 1.38 bits per heavy atom. The molecule has 1 aromatic carbocycles. The first kappa shape index (κ1) is 15.5. The Hall–Kier alpha value is -1.84. The van der Waals surface area contributed by atoms with E-state index in [9.17, 15) is 13.5 Å². The van der Waals surface area contributed by atoms with Crippen LogP contribution in [0.15, 0.2) is 23.6 Å². The zero-order valence-electron chi connectivity index (χ0n) is 11.5. The summed E-state index contributed by atoms with van der Waals surface area (Å²) in [5.74, 6) is -0.00367. The number of thiazole rings is 1. The Balaban J connectivity index is 2.20. The molecule has 9 heteroatoms. The number of hydrogen-bond acceptors (Lipinski definition) is 6. The highest BCUT2D eigenvalue weighted by Gasteiger charge is 2.14. The fraction of sp³-hybridized carbons (Fsp3) is 0.250. The van der Waals surface area contributed by atoms with E-state index in [0.717, 1.165) is 11.3 Å². The summed E-state index contributed by atoms with van der Waals surface area (Å²) in [7, 11) is -3.63. The smallest absolute Gasteiger partial charge is 0.301 e. The van der Waals surface area contributed by atoms with Gasteiger partial charge in [0.1, 0.15) is 5.75 Å². The predicted octanol–water partition coefficient (Wildman–Crippen LogP) is 1.75. The minimum absolute atomic E-state index is 0.00367. The van der Waals surface area contributed by atoms with Crippen molar-refractivity contribution in [3.8, 4) is 17.0 Å². The van der Waals surface area contributed by atoms with Crippen molar-refractivity contribution in [2.45, 2.75) is 19.9 Å². The summed E-state index contributed by atoms with van der Waals surface area (Å²) in [5.41, 5.74) is 7.14. The van der Waals surface area contributed by atoms with Crippen molar-refractivity contribution < 1.29 is 13.5 Å². The molecule has 0 spiro atoms. The normalized spacial score (nSPS) is 11.8. The van der Waals surface area contributed by atoms with Gasteiger partial charge in [0.15, 0.2) is 5.13 Å². The van der Waals surface area contributed by atoms with Crippen molar-refractivity contribution in [1.29, 1.82) is 0 Å². The van der Waals surface area contributed by atoms with E-state index in [1.165, 1.54) is 6.07 Å². The van der Waals surface area contributed by atoms with Crippen molar-refractivity contribution in [2.75, 3.05) is 10.5 Å². The Morgan fingerprint density at radius 2 is 2.10 bits per heavy atom. The lowest BCUT2D eigenvalue weighted by molar-refractivity contribution is 0.478. The van der Waals surface area contributed by atoms with Crippen LogP contribution >= 0.6 is 11.3 Å². The van der Waals surface area contributed by atoms with Gasteiger partial charge < -0.3 is 10.8 Å². The topological polar surface area (TPSA) is 117 Å². The summed E-state index contributed by atoms with van der Waals surface area (Å²) < 4.78 is 28.3. The number of rotatable bonds is 5. The molecule has 0 aliphatic carbocycles. The Kier molecular flexibility index (Phi) is 4.35. The van der Waals surface area contributed by atoms with Gasteiger partial charge in [-0.05, 0) is 32.0 Å². The summed E-state index contributed by atoms with van der Waals surface area (Å²) in [6.45, 7) is 3.46. The van der Waals surface area contributed by atoms with Crippen LogP contribution in [0.2, 0.25) is 0 Å². The zero-order chi connectivity index (χ0) is 15.6. The van der Waals surface area contributed by atoms with Gasteiger partial charge >= 0.3 is 10.2 Å². The molecule has 1 heterocycles. The predicted molar refractivity (Wildman–Crippen MR) is 84.4 cm³/mol.